The molecule has 0 saturated carbocycles. The number of carbonyl (C=O) groups excluding carboxylic acids is 2. The first-order chi connectivity index (χ1) is 8.45. The van der Waals surface area contributed by atoms with Crippen LogP contribution in [0, 0.1) is 0 Å². The molecular formula is C10H16N2O6. The number of carbonyl (C=O) groups is 3. The summed E-state index contributed by atoms with van der Waals surface area (Å²) in [5.74, 6) is -1.78. The van der Waals surface area contributed by atoms with Gasteiger partial charge >= 0.3 is 18.0 Å². The van der Waals surface area contributed by atoms with Crippen LogP contribution in [0.15, 0.2) is 0 Å². The minimum absolute atomic E-state index is 0.0117. The van der Waals surface area contributed by atoms with Crippen LogP contribution in [0.4, 0.5) is 4.79 Å². The van der Waals surface area contributed by atoms with Gasteiger partial charge < -0.3 is 25.2 Å². The van der Waals surface area contributed by atoms with E-state index in [0.29, 0.717) is 0 Å². The van der Waals surface area contributed by atoms with Crippen LogP contribution in [0.2, 0.25) is 0 Å². The Morgan fingerprint density at radius 2 is 2.11 bits per heavy atom. The van der Waals surface area contributed by atoms with Crippen LogP contribution in [-0.4, -0.2) is 64.9 Å². The number of carboxylic acids is 1. The van der Waals surface area contributed by atoms with Gasteiger partial charge in [-0.05, 0) is 6.92 Å². The van der Waals surface area contributed by atoms with E-state index in [4.69, 9.17) is 5.11 Å². The molecule has 0 unspecified atom stereocenters. The summed E-state index contributed by atoms with van der Waals surface area (Å²) in [6, 6.07) is -1.77. The summed E-state index contributed by atoms with van der Waals surface area (Å²) in [4.78, 5) is 34.5. The van der Waals surface area contributed by atoms with Crippen molar-refractivity contribution in [3.05, 3.63) is 0 Å². The molecule has 2 atom stereocenters. The number of nitrogens with zero attached hydrogens (tertiary/aromatic N) is 1. The van der Waals surface area contributed by atoms with Gasteiger partial charge in [-0.25, -0.2) is 9.59 Å². The molecule has 1 aliphatic heterocycles. The maximum absolute atomic E-state index is 11.6. The van der Waals surface area contributed by atoms with Gasteiger partial charge in [0.2, 0.25) is 0 Å². The molecule has 8 nitrogen and oxygen atoms in total. The van der Waals surface area contributed by atoms with Crippen LogP contribution in [0.1, 0.15) is 13.3 Å². The molecule has 1 fully saturated rings. The quantitative estimate of drug-likeness (QED) is 0.545. The molecular weight excluding hydrogens is 244 g/mol. The van der Waals surface area contributed by atoms with Crippen molar-refractivity contribution in [2.75, 3.05) is 19.7 Å². The molecule has 3 N–H and O–H groups in total. The predicted molar refractivity (Wildman–Crippen MR) is 58.8 cm³/mol. The van der Waals surface area contributed by atoms with Gasteiger partial charge in [0.05, 0.1) is 12.7 Å². The third-order valence-corrected chi connectivity index (χ3v) is 2.51. The van der Waals surface area contributed by atoms with Crippen LogP contribution < -0.4 is 5.32 Å². The molecule has 18 heavy (non-hydrogen) atoms. The molecule has 0 bridgehead atoms. The summed E-state index contributed by atoms with van der Waals surface area (Å²) >= 11 is 0. The molecule has 2 amide bonds. The Bertz CT molecular complexity index is 345. The first kappa shape index (κ1) is 14.2. The van der Waals surface area contributed by atoms with Gasteiger partial charge in [0.25, 0.3) is 0 Å². The Hall–Kier alpha value is -1.83. The van der Waals surface area contributed by atoms with Crippen molar-refractivity contribution in [2.45, 2.75) is 25.5 Å². The van der Waals surface area contributed by atoms with Crippen molar-refractivity contribution < 1.29 is 29.3 Å². The van der Waals surface area contributed by atoms with E-state index < -0.39 is 30.1 Å². The van der Waals surface area contributed by atoms with E-state index in [1.165, 1.54) is 0 Å². The molecule has 0 aliphatic carbocycles. The highest BCUT2D eigenvalue weighted by Crippen LogP contribution is 2.17. The average molecular weight is 260 g/mol. The van der Waals surface area contributed by atoms with Crippen molar-refractivity contribution in [2.24, 2.45) is 0 Å². The number of likely N-dealkylation sites (tertiary alicyclic amines) is 1. The van der Waals surface area contributed by atoms with Gasteiger partial charge in [-0.1, -0.05) is 0 Å². The van der Waals surface area contributed by atoms with E-state index in [9.17, 15) is 19.5 Å². The lowest BCUT2D eigenvalue weighted by Gasteiger charge is -2.21. The molecule has 102 valence electrons. The smallest absolute Gasteiger partial charge is 0.326 e. The highest BCUT2D eigenvalue weighted by molar-refractivity contribution is 5.85. The van der Waals surface area contributed by atoms with Crippen LogP contribution in [-0.2, 0) is 14.3 Å². The van der Waals surface area contributed by atoms with E-state index in [2.05, 4.69) is 10.1 Å². The molecule has 0 aromatic carbocycles. The zero-order valence-electron chi connectivity index (χ0n) is 9.96. The van der Waals surface area contributed by atoms with Gasteiger partial charge in [-0.3, -0.25) is 4.79 Å². The number of aliphatic hydroxyl groups excluding tert-OH is 1. The lowest BCUT2D eigenvalue weighted by atomic mass is 10.2. The third-order valence-electron chi connectivity index (χ3n) is 2.51. The topological polar surface area (TPSA) is 116 Å². The molecule has 0 radical (unpaired) electrons. The fourth-order valence-electron chi connectivity index (χ4n) is 1.73. The third kappa shape index (κ3) is 3.59. The van der Waals surface area contributed by atoms with Crippen molar-refractivity contribution in [1.29, 1.82) is 0 Å². The van der Waals surface area contributed by atoms with Gasteiger partial charge in [0.1, 0.15) is 12.6 Å². The number of aliphatic carboxylic acids is 1. The highest BCUT2D eigenvalue weighted by atomic mass is 16.5. The van der Waals surface area contributed by atoms with E-state index in [0.717, 1.165) is 4.90 Å². The van der Waals surface area contributed by atoms with Gasteiger partial charge in [-0.15, -0.1) is 0 Å². The second kappa shape index (κ2) is 6.20. The maximum atomic E-state index is 11.6. The van der Waals surface area contributed by atoms with E-state index in [1.54, 1.807) is 6.92 Å². The molecule has 0 aromatic heterocycles. The minimum Gasteiger partial charge on any atom is -0.480 e. The predicted octanol–water partition coefficient (Wildman–Crippen LogP) is -1.22. The normalized spacial score (nSPS) is 22.7. The Labute approximate surface area is 104 Å². The molecule has 1 rings (SSSR count). The van der Waals surface area contributed by atoms with Crippen molar-refractivity contribution in [3.63, 3.8) is 0 Å². The summed E-state index contributed by atoms with van der Waals surface area (Å²) in [6.07, 6.45) is -0.873. The number of esters is 1. The van der Waals surface area contributed by atoms with Crippen LogP contribution in [0.5, 0.6) is 0 Å². The average Bonchev–Trinajstić information content (AvgIpc) is 2.69. The Balaban J connectivity index is 2.50. The number of hydrogen-bond acceptors (Lipinski definition) is 5. The second-order valence-corrected chi connectivity index (χ2v) is 3.86. The summed E-state index contributed by atoms with van der Waals surface area (Å²) in [7, 11) is 0. The van der Waals surface area contributed by atoms with Crippen molar-refractivity contribution in [3.8, 4) is 0 Å². The number of carboxylic acid groups (broad SMARTS) is 1. The van der Waals surface area contributed by atoms with E-state index >= 15 is 0 Å². The number of aliphatic hydroxyl groups is 1. The van der Waals surface area contributed by atoms with Gasteiger partial charge in [-0.2, -0.15) is 0 Å². The number of ether oxygens (including phenoxy) is 1. The molecule has 8 heteroatoms. The fourth-order valence-corrected chi connectivity index (χ4v) is 1.73. The largest absolute Gasteiger partial charge is 0.480 e. The SMILES string of the molecule is CCOC(=O)CNC(=O)N1C[C@H](O)C[C@@H]1C(=O)O. The zero-order valence-corrected chi connectivity index (χ0v) is 9.96. The molecule has 1 saturated heterocycles. The number of β-amino-alcohol motifs (C(OH)–C–C–N with tert-alkyl or cyclic N) is 1. The minimum atomic E-state index is -1.18. The van der Waals surface area contributed by atoms with E-state index in [1.807, 2.05) is 0 Å². The number of nitrogens with one attached hydrogen (secondary N) is 1. The Morgan fingerprint density at radius 1 is 1.44 bits per heavy atom. The fraction of sp³-hybridized carbons (Fsp3) is 0.700. The number of urea groups is 1. The Morgan fingerprint density at radius 3 is 2.67 bits per heavy atom. The standard InChI is InChI=1S/C10H16N2O6/c1-2-18-8(14)4-11-10(17)12-5-6(13)3-7(12)9(15)16/h6-7,13H,2-5H2,1H3,(H,11,17)(H,15,16)/t6-,7-/m1/s1. The Kier molecular flexibility index (Phi) is 4.90. The van der Waals surface area contributed by atoms with Crippen LogP contribution >= 0.6 is 0 Å². The highest BCUT2D eigenvalue weighted by Gasteiger charge is 2.38. The molecule has 0 aromatic rings. The molecule has 0 spiro atoms. The first-order valence-electron chi connectivity index (χ1n) is 5.56. The maximum Gasteiger partial charge on any atom is 0.326 e. The summed E-state index contributed by atoms with van der Waals surface area (Å²) in [5.41, 5.74) is 0. The van der Waals surface area contributed by atoms with Crippen molar-refractivity contribution >= 4 is 18.0 Å². The van der Waals surface area contributed by atoms with Gasteiger partial charge in [0, 0.05) is 13.0 Å². The van der Waals surface area contributed by atoms with Gasteiger partial charge in [0.15, 0.2) is 0 Å². The van der Waals surface area contributed by atoms with E-state index in [-0.39, 0.29) is 26.1 Å². The van der Waals surface area contributed by atoms with Crippen LogP contribution in [0.25, 0.3) is 0 Å². The lowest BCUT2D eigenvalue weighted by Crippen LogP contribution is -2.47. The lowest BCUT2D eigenvalue weighted by molar-refractivity contribution is -0.141. The van der Waals surface area contributed by atoms with Crippen molar-refractivity contribution in [1.82, 2.24) is 10.2 Å². The number of rotatable bonds is 4. The van der Waals surface area contributed by atoms with Crippen LogP contribution in [0.3, 0.4) is 0 Å². The molecule has 1 heterocycles. The first-order valence-corrected chi connectivity index (χ1v) is 5.56. The molecule has 1 aliphatic rings. The monoisotopic (exact) mass is 260 g/mol. The second-order valence-electron chi connectivity index (χ2n) is 3.86. The summed E-state index contributed by atoms with van der Waals surface area (Å²) < 4.78 is 4.61. The summed E-state index contributed by atoms with van der Waals surface area (Å²) in [6.45, 7) is 1.45. The number of hydrogen-bond donors (Lipinski definition) is 3. The summed E-state index contributed by atoms with van der Waals surface area (Å²) in [5, 5.41) is 20.5. The number of amides is 2. The zero-order chi connectivity index (χ0) is 13.7.